The Kier molecular flexibility index (Phi) is 9.16. The molecule has 39 heavy (non-hydrogen) atoms. The van der Waals surface area contributed by atoms with Crippen molar-refractivity contribution in [3.05, 3.63) is 36.6 Å². The second-order valence-electron chi connectivity index (χ2n) is 12.0. The third-order valence-electron chi connectivity index (χ3n) is 8.34. The number of nitrogens with zero attached hydrogens (tertiary/aromatic N) is 3. The molecule has 0 N–H and O–H groups in total. The summed E-state index contributed by atoms with van der Waals surface area (Å²) in [5, 5.41) is -0.0105. The normalized spacial score (nSPS) is 23.4. The molecule has 11 heteroatoms. The first kappa shape index (κ1) is 30.6. The van der Waals surface area contributed by atoms with Gasteiger partial charge in [0.15, 0.2) is 8.32 Å². The number of carbonyl (C=O) groups excluding carboxylic acids is 4. The van der Waals surface area contributed by atoms with Crippen molar-refractivity contribution in [2.24, 2.45) is 11.8 Å². The Balaban J connectivity index is 1.82. The van der Waals surface area contributed by atoms with Gasteiger partial charge in [0.05, 0.1) is 18.1 Å². The minimum absolute atomic E-state index is 0.0105. The lowest BCUT2D eigenvalue weighted by Crippen LogP contribution is -2.65. The van der Waals surface area contributed by atoms with E-state index in [1.165, 1.54) is 24.1 Å². The molecule has 0 aromatic heterocycles. The lowest BCUT2D eigenvalue weighted by molar-refractivity contribution is -0.164. The van der Waals surface area contributed by atoms with E-state index in [1.54, 1.807) is 9.80 Å². The fraction of sp³-hybridized carbons (Fsp3) is 0.643. The molecule has 10 nitrogen and oxygen atoms in total. The van der Waals surface area contributed by atoms with Gasteiger partial charge < -0.3 is 28.6 Å². The van der Waals surface area contributed by atoms with Crippen molar-refractivity contribution in [1.82, 2.24) is 14.7 Å². The largest absolute Gasteiger partial charge is 0.457 e. The molecule has 3 aliphatic heterocycles. The maximum Gasteiger partial charge on any atom is 0.410 e. The summed E-state index contributed by atoms with van der Waals surface area (Å²) in [6.07, 6.45) is 2.58. The SMILES string of the molecule is C=CCOC(=O)C1=C2CN(C(=O)CN(C)C(=O)OCC=C)CC[C@@H]2[C@@H]2[C@@H]([C@@H](C)O[Si](C)(C)C(C)(C)C)C(=O)N12. The van der Waals surface area contributed by atoms with Gasteiger partial charge in [-0.1, -0.05) is 46.1 Å². The third-order valence-corrected chi connectivity index (χ3v) is 12.9. The average molecular weight is 562 g/mol. The molecule has 0 bridgehead atoms. The number of likely N-dealkylation sites (tertiary alicyclic amines) is 1. The quantitative estimate of drug-likeness (QED) is 0.174. The molecule has 0 aromatic carbocycles. The van der Waals surface area contributed by atoms with Crippen molar-refractivity contribution in [2.75, 3.05) is 39.9 Å². The molecule has 216 valence electrons. The van der Waals surface area contributed by atoms with Gasteiger partial charge in [0.2, 0.25) is 11.8 Å². The smallest absolute Gasteiger partial charge is 0.410 e. The van der Waals surface area contributed by atoms with Gasteiger partial charge in [-0.3, -0.25) is 9.59 Å². The second kappa shape index (κ2) is 11.7. The highest BCUT2D eigenvalue weighted by Gasteiger charge is 2.62. The van der Waals surface area contributed by atoms with Crippen LogP contribution in [-0.4, -0.2) is 98.9 Å². The zero-order chi connectivity index (χ0) is 29.3. The van der Waals surface area contributed by atoms with Crippen molar-refractivity contribution >= 4 is 32.2 Å². The monoisotopic (exact) mass is 561 g/mol. The Morgan fingerprint density at radius 3 is 2.36 bits per heavy atom. The zero-order valence-corrected chi connectivity index (χ0v) is 25.3. The fourth-order valence-electron chi connectivity index (χ4n) is 5.32. The Morgan fingerprint density at radius 2 is 1.77 bits per heavy atom. The number of likely N-dealkylation sites (N-methyl/N-ethyl adjacent to an activating group) is 1. The Bertz CT molecular complexity index is 1060. The van der Waals surface area contributed by atoms with Gasteiger partial charge >= 0.3 is 12.1 Å². The van der Waals surface area contributed by atoms with Gasteiger partial charge in [0.25, 0.3) is 0 Å². The van der Waals surface area contributed by atoms with E-state index in [2.05, 4.69) is 47.0 Å². The summed E-state index contributed by atoms with van der Waals surface area (Å²) in [5.41, 5.74) is 0.949. The highest BCUT2D eigenvalue weighted by molar-refractivity contribution is 6.74. The molecule has 0 spiro atoms. The van der Waals surface area contributed by atoms with Crippen molar-refractivity contribution in [2.45, 2.75) is 64.4 Å². The molecule has 0 aromatic rings. The van der Waals surface area contributed by atoms with E-state index in [4.69, 9.17) is 13.9 Å². The van der Waals surface area contributed by atoms with Gasteiger partial charge in [-0.25, -0.2) is 9.59 Å². The highest BCUT2D eigenvalue weighted by Crippen LogP contribution is 2.51. The number of rotatable bonds is 10. The van der Waals surface area contributed by atoms with E-state index in [-0.39, 0.29) is 72.8 Å². The molecule has 2 saturated heterocycles. The summed E-state index contributed by atoms with van der Waals surface area (Å²) < 4.78 is 17.0. The van der Waals surface area contributed by atoms with Crippen LogP contribution in [0.15, 0.2) is 36.6 Å². The Labute approximate surface area is 232 Å². The number of β-lactam (4-membered cyclic amide) rings is 1. The Hall–Kier alpha value is -2.92. The van der Waals surface area contributed by atoms with Crippen LogP contribution < -0.4 is 0 Å². The van der Waals surface area contributed by atoms with Crippen molar-refractivity contribution in [3.63, 3.8) is 0 Å². The van der Waals surface area contributed by atoms with Crippen LogP contribution in [0.2, 0.25) is 18.1 Å². The van der Waals surface area contributed by atoms with Crippen LogP contribution in [0.25, 0.3) is 0 Å². The minimum Gasteiger partial charge on any atom is -0.457 e. The molecule has 4 atom stereocenters. The van der Waals surface area contributed by atoms with Crippen LogP contribution in [0.3, 0.4) is 0 Å². The van der Waals surface area contributed by atoms with Gasteiger partial charge in [-0.05, 0) is 37.0 Å². The van der Waals surface area contributed by atoms with Crippen molar-refractivity contribution < 1.29 is 33.1 Å². The first-order chi connectivity index (χ1) is 18.2. The summed E-state index contributed by atoms with van der Waals surface area (Å²) in [4.78, 5) is 56.2. The zero-order valence-electron chi connectivity index (χ0n) is 24.3. The number of ether oxygens (including phenoxy) is 2. The molecule has 3 heterocycles. The standard InChI is InChI=1S/C28H43N3O7Si/c1-10-14-36-26(34)24-20-16-30(21(32)17-29(7)27(35)37-15-11-2)13-12-19(20)23-22(25(33)31(23)24)18(3)38-39(8,9)28(4,5)6/h10-11,18-19,22-23H,1-2,12-17H2,3-9H3/t18-,19+,22-,23-/m1/s1. The predicted octanol–water partition coefficient (Wildman–Crippen LogP) is 3.32. The number of fused-ring (bicyclic) bond motifs is 3. The molecule has 3 aliphatic rings. The molecule has 3 rings (SSSR count). The van der Waals surface area contributed by atoms with E-state index in [0.29, 0.717) is 13.0 Å². The van der Waals surface area contributed by atoms with Crippen LogP contribution in [0.1, 0.15) is 34.1 Å². The first-order valence-corrected chi connectivity index (χ1v) is 16.4. The van der Waals surface area contributed by atoms with E-state index in [0.717, 1.165) is 5.57 Å². The Morgan fingerprint density at radius 1 is 1.15 bits per heavy atom. The maximum atomic E-state index is 13.5. The van der Waals surface area contributed by atoms with Gasteiger partial charge in [0.1, 0.15) is 25.5 Å². The molecule has 0 aliphatic carbocycles. The van der Waals surface area contributed by atoms with Crippen LogP contribution in [0, 0.1) is 11.8 Å². The van der Waals surface area contributed by atoms with Gasteiger partial charge in [0, 0.05) is 26.1 Å². The number of piperidine rings is 1. The van der Waals surface area contributed by atoms with Gasteiger partial charge in [-0.2, -0.15) is 0 Å². The summed E-state index contributed by atoms with van der Waals surface area (Å²) in [6, 6.07) is -0.215. The number of amides is 3. The fourth-order valence-corrected chi connectivity index (χ4v) is 6.75. The topological polar surface area (TPSA) is 106 Å². The summed E-state index contributed by atoms with van der Waals surface area (Å²) in [7, 11) is -0.646. The molecular formula is C28H43N3O7Si. The number of esters is 1. The van der Waals surface area contributed by atoms with E-state index in [1.807, 2.05) is 6.92 Å². The van der Waals surface area contributed by atoms with Crippen LogP contribution in [-0.2, 0) is 28.3 Å². The van der Waals surface area contributed by atoms with Crippen LogP contribution in [0.5, 0.6) is 0 Å². The minimum atomic E-state index is -2.13. The lowest BCUT2D eigenvalue weighted by atomic mass is 9.74. The third kappa shape index (κ3) is 5.98. The molecule has 0 saturated carbocycles. The summed E-state index contributed by atoms with van der Waals surface area (Å²) in [6.45, 7) is 20.4. The molecular weight excluding hydrogens is 518 g/mol. The first-order valence-electron chi connectivity index (χ1n) is 13.4. The highest BCUT2D eigenvalue weighted by atomic mass is 28.4. The number of hydrogen-bond acceptors (Lipinski definition) is 7. The van der Waals surface area contributed by atoms with E-state index < -0.39 is 20.4 Å². The summed E-state index contributed by atoms with van der Waals surface area (Å²) >= 11 is 0. The molecule has 3 amide bonds. The molecule has 2 fully saturated rings. The number of hydrogen-bond donors (Lipinski definition) is 0. The van der Waals surface area contributed by atoms with Crippen LogP contribution in [0.4, 0.5) is 4.79 Å². The average Bonchev–Trinajstić information content (AvgIpc) is 3.14. The maximum absolute atomic E-state index is 13.5. The summed E-state index contributed by atoms with van der Waals surface area (Å²) in [5.74, 6) is -1.48. The number of carbonyl (C=O) groups is 4. The molecule has 0 unspecified atom stereocenters. The predicted molar refractivity (Wildman–Crippen MR) is 149 cm³/mol. The van der Waals surface area contributed by atoms with Crippen molar-refractivity contribution in [3.8, 4) is 0 Å². The molecule has 0 radical (unpaired) electrons. The van der Waals surface area contributed by atoms with Gasteiger partial charge in [-0.15, -0.1) is 0 Å². The second-order valence-corrected chi connectivity index (χ2v) is 16.8. The van der Waals surface area contributed by atoms with E-state index >= 15 is 0 Å². The van der Waals surface area contributed by atoms with E-state index in [9.17, 15) is 19.2 Å². The van der Waals surface area contributed by atoms with Crippen molar-refractivity contribution in [1.29, 1.82) is 0 Å². The lowest BCUT2D eigenvalue weighted by Gasteiger charge is -2.51. The van der Waals surface area contributed by atoms with Crippen LogP contribution >= 0.6 is 0 Å².